The van der Waals surface area contributed by atoms with Gasteiger partial charge in [-0.25, -0.2) is 4.79 Å². The van der Waals surface area contributed by atoms with Crippen molar-refractivity contribution < 1.29 is 9.59 Å². The van der Waals surface area contributed by atoms with Crippen molar-refractivity contribution in [3.05, 3.63) is 32.6 Å². The van der Waals surface area contributed by atoms with Crippen molar-refractivity contribution in [2.24, 2.45) is 25.9 Å². The van der Waals surface area contributed by atoms with Crippen LogP contribution in [0, 0.1) is 11.8 Å². The summed E-state index contributed by atoms with van der Waals surface area (Å²) in [6.45, 7) is 5.58. The lowest BCUT2D eigenvalue weighted by atomic mass is 10.0. The molecular weight excluding hydrogens is 348 g/mol. The summed E-state index contributed by atoms with van der Waals surface area (Å²) in [6.07, 6.45) is 2.58. The number of amides is 2. The van der Waals surface area contributed by atoms with Gasteiger partial charge in [-0.3, -0.25) is 23.5 Å². The predicted octanol–water partition coefficient (Wildman–Crippen LogP) is 0.193. The number of carbonyl (C=O) groups excluding carboxylic acids is 2. The second-order valence-electron chi connectivity index (χ2n) is 8.07. The molecule has 2 fully saturated rings. The van der Waals surface area contributed by atoms with E-state index in [0.29, 0.717) is 19.0 Å². The minimum absolute atomic E-state index is 0.0619. The van der Waals surface area contributed by atoms with Crippen LogP contribution in [0.3, 0.4) is 0 Å². The molecule has 0 aromatic carbocycles. The summed E-state index contributed by atoms with van der Waals surface area (Å²) in [4.78, 5) is 53.5. The molecule has 0 radical (unpaired) electrons. The van der Waals surface area contributed by atoms with Gasteiger partial charge in [0.05, 0.1) is 6.04 Å². The Labute approximate surface area is 158 Å². The van der Waals surface area contributed by atoms with Gasteiger partial charge in [0.15, 0.2) is 0 Å². The molecule has 2 aliphatic rings. The molecule has 2 heterocycles. The summed E-state index contributed by atoms with van der Waals surface area (Å²) in [5.41, 5.74) is -0.982. The first kappa shape index (κ1) is 19.4. The average Bonchev–Trinajstić information content (AvgIpc) is 3.45. The lowest BCUT2D eigenvalue weighted by molar-refractivity contribution is -0.133. The molecule has 1 aromatic rings. The lowest BCUT2D eigenvalue weighted by Gasteiger charge is -2.35. The number of carbonyl (C=O) groups is 2. The van der Waals surface area contributed by atoms with Crippen molar-refractivity contribution in [3.8, 4) is 0 Å². The maximum absolute atomic E-state index is 13.1. The zero-order valence-corrected chi connectivity index (χ0v) is 16.5. The third kappa shape index (κ3) is 3.84. The molecule has 3 rings (SSSR count). The summed E-state index contributed by atoms with van der Waals surface area (Å²) in [7, 11) is 2.87. The van der Waals surface area contributed by atoms with Crippen molar-refractivity contribution in [2.75, 3.05) is 19.6 Å². The number of hydrogen-bond acceptors (Lipinski definition) is 4. The van der Waals surface area contributed by atoms with Gasteiger partial charge in [0.2, 0.25) is 5.91 Å². The fourth-order valence-corrected chi connectivity index (χ4v) is 3.65. The standard InChI is InChI=1S/C19H28N4O4/c1-12(2)15-11-22(8-7-16(24)23(15)10-13-5-6-13)18(26)14-9-17(25)21(4)19(27)20(14)3/h9,12-13,15H,5-8,10-11H2,1-4H3/t15-/m0/s1. The Kier molecular flexibility index (Phi) is 5.26. The second kappa shape index (κ2) is 7.32. The Bertz CT molecular complexity index is 865. The summed E-state index contributed by atoms with van der Waals surface area (Å²) in [5.74, 6) is 0.483. The molecule has 1 atom stereocenters. The van der Waals surface area contributed by atoms with E-state index in [2.05, 4.69) is 13.8 Å². The largest absolute Gasteiger partial charge is 0.337 e. The molecule has 1 saturated heterocycles. The third-order valence-corrected chi connectivity index (χ3v) is 5.68. The highest BCUT2D eigenvalue weighted by atomic mass is 16.2. The van der Waals surface area contributed by atoms with Gasteiger partial charge < -0.3 is 9.80 Å². The van der Waals surface area contributed by atoms with Crippen LogP contribution in [0.4, 0.5) is 0 Å². The Hall–Kier alpha value is -2.38. The molecule has 8 heteroatoms. The van der Waals surface area contributed by atoms with Gasteiger partial charge in [0, 0.05) is 46.2 Å². The maximum atomic E-state index is 13.1. The highest BCUT2D eigenvalue weighted by Crippen LogP contribution is 2.32. The van der Waals surface area contributed by atoms with Gasteiger partial charge in [0.1, 0.15) is 5.69 Å². The zero-order chi connectivity index (χ0) is 19.9. The Morgan fingerprint density at radius 1 is 1.15 bits per heavy atom. The minimum atomic E-state index is -0.535. The Morgan fingerprint density at radius 3 is 2.41 bits per heavy atom. The monoisotopic (exact) mass is 376 g/mol. The molecule has 1 aromatic heterocycles. The van der Waals surface area contributed by atoms with E-state index in [1.54, 1.807) is 4.90 Å². The fourth-order valence-electron chi connectivity index (χ4n) is 3.65. The third-order valence-electron chi connectivity index (χ3n) is 5.68. The topological polar surface area (TPSA) is 84.6 Å². The summed E-state index contributed by atoms with van der Waals surface area (Å²) < 4.78 is 2.17. The highest BCUT2D eigenvalue weighted by Gasteiger charge is 2.37. The summed E-state index contributed by atoms with van der Waals surface area (Å²) in [5, 5.41) is 0. The molecule has 0 unspecified atom stereocenters. The first-order valence-corrected chi connectivity index (χ1v) is 9.56. The van der Waals surface area contributed by atoms with Crippen molar-refractivity contribution in [1.82, 2.24) is 18.9 Å². The van der Waals surface area contributed by atoms with Gasteiger partial charge in [-0.05, 0) is 24.7 Å². The Morgan fingerprint density at radius 2 is 1.81 bits per heavy atom. The molecule has 27 heavy (non-hydrogen) atoms. The molecule has 8 nitrogen and oxygen atoms in total. The molecule has 2 amide bonds. The van der Waals surface area contributed by atoms with Crippen molar-refractivity contribution in [3.63, 3.8) is 0 Å². The van der Waals surface area contributed by atoms with E-state index in [1.165, 1.54) is 24.7 Å². The van der Waals surface area contributed by atoms with Crippen LogP contribution < -0.4 is 11.2 Å². The summed E-state index contributed by atoms with van der Waals surface area (Å²) in [6, 6.07) is 1.14. The van der Waals surface area contributed by atoms with E-state index < -0.39 is 11.2 Å². The van der Waals surface area contributed by atoms with Crippen molar-refractivity contribution in [1.29, 1.82) is 0 Å². The van der Waals surface area contributed by atoms with E-state index >= 15 is 0 Å². The molecule has 0 bridgehead atoms. The van der Waals surface area contributed by atoms with E-state index in [1.807, 2.05) is 4.90 Å². The average molecular weight is 376 g/mol. The lowest BCUT2D eigenvalue weighted by Crippen LogP contribution is -2.49. The molecule has 1 aliphatic carbocycles. The van der Waals surface area contributed by atoms with Gasteiger partial charge >= 0.3 is 5.69 Å². The molecule has 0 spiro atoms. The van der Waals surface area contributed by atoms with Crippen molar-refractivity contribution in [2.45, 2.75) is 39.2 Å². The van der Waals surface area contributed by atoms with Crippen LogP contribution in [0.2, 0.25) is 0 Å². The molecule has 1 saturated carbocycles. The molecule has 0 N–H and O–H groups in total. The second-order valence-corrected chi connectivity index (χ2v) is 8.07. The van der Waals surface area contributed by atoms with Gasteiger partial charge in [-0.15, -0.1) is 0 Å². The van der Waals surface area contributed by atoms with Crippen LogP contribution in [-0.4, -0.2) is 56.4 Å². The summed E-state index contributed by atoms with van der Waals surface area (Å²) >= 11 is 0. The van der Waals surface area contributed by atoms with Crippen LogP contribution in [0.15, 0.2) is 15.7 Å². The fraction of sp³-hybridized carbons (Fsp3) is 0.684. The van der Waals surface area contributed by atoms with Gasteiger partial charge in [-0.1, -0.05) is 13.8 Å². The van der Waals surface area contributed by atoms with Gasteiger partial charge in [-0.2, -0.15) is 0 Å². The quantitative estimate of drug-likeness (QED) is 0.751. The van der Waals surface area contributed by atoms with Crippen LogP contribution in [0.25, 0.3) is 0 Å². The SMILES string of the molecule is CC(C)[C@@H]1CN(C(=O)c2cc(=O)n(C)c(=O)n2C)CCC(=O)N1CC1CC1. The highest BCUT2D eigenvalue weighted by molar-refractivity contribution is 5.93. The zero-order valence-electron chi connectivity index (χ0n) is 16.5. The number of hydrogen-bond donors (Lipinski definition) is 0. The molecule has 1 aliphatic heterocycles. The maximum Gasteiger partial charge on any atom is 0.331 e. The van der Waals surface area contributed by atoms with Crippen LogP contribution in [-0.2, 0) is 18.9 Å². The van der Waals surface area contributed by atoms with Crippen LogP contribution in [0.5, 0.6) is 0 Å². The number of aromatic nitrogens is 2. The van der Waals surface area contributed by atoms with Crippen molar-refractivity contribution >= 4 is 11.8 Å². The van der Waals surface area contributed by atoms with E-state index in [0.717, 1.165) is 24.0 Å². The van der Waals surface area contributed by atoms with Crippen LogP contribution >= 0.6 is 0 Å². The molecule has 148 valence electrons. The first-order chi connectivity index (χ1) is 12.7. The predicted molar refractivity (Wildman–Crippen MR) is 101 cm³/mol. The van der Waals surface area contributed by atoms with E-state index in [4.69, 9.17) is 0 Å². The molecular formula is C19H28N4O4. The van der Waals surface area contributed by atoms with E-state index in [-0.39, 0.29) is 35.9 Å². The van der Waals surface area contributed by atoms with E-state index in [9.17, 15) is 19.2 Å². The normalized spacial score (nSPS) is 20.9. The van der Waals surface area contributed by atoms with Crippen LogP contribution in [0.1, 0.15) is 43.6 Å². The minimum Gasteiger partial charge on any atom is -0.337 e. The van der Waals surface area contributed by atoms with Gasteiger partial charge in [0.25, 0.3) is 11.5 Å². The number of nitrogens with zero attached hydrogens (tertiary/aromatic N) is 4. The first-order valence-electron chi connectivity index (χ1n) is 9.56. The number of rotatable bonds is 4. The smallest absolute Gasteiger partial charge is 0.331 e. The Balaban J connectivity index is 1.90.